The third kappa shape index (κ3) is 3.82. The lowest BCUT2D eigenvalue weighted by Crippen LogP contribution is -2.36. The Kier molecular flexibility index (Phi) is 4.36. The first-order valence-electron chi connectivity index (χ1n) is 5.76. The molecule has 0 atom stereocenters. The second-order valence-electron chi connectivity index (χ2n) is 4.03. The van der Waals surface area contributed by atoms with E-state index in [1.54, 1.807) is 0 Å². The number of urea groups is 1. The number of hydrogen-bond acceptors (Lipinski definition) is 5. The molecule has 0 aliphatic rings. The number of nitrogens with two attached hydrogens (primary N) is 1. The van der Waals surface area contributed by atoms with Crippen LogP contribution in [0.3, 0.4) is 0 Å². The van der Waals surface area contributed by atoms with E-state index < -0.39 is 11.9 Å². The van der Waals surface area contributed by atoms with Crippen molar-refractivity contribution >= 4 is 23.7 Å². The zero-order chi connectivity index (χ0) is 14.5. The van der Waals surface area contributed by atoms with E-state index >= 15 is 0 Å². The average Bonchev–Trinajstić information content (AvgIpc) is 2.85. The summed E-state index contributed by atoms with van der Waals surface area (Å²) < 4.78 is 0. The number of hydrogen-bond donors (Lipinski definition) is 3. The molecule has 0 aliphatic carbocycles. The van der Waals surface area contributed by atoms with Gasteiger partial charge >= 0.3 is 6.03 Å². The summed E-state index contributed by atoms with van der Waals surface area (Å²) in [6, 6.07) is 6.95. The van der Waals surface area contributed by atoms with Gasteiger partial charge in [-0.1, -0.05) is 41.6 Å². The molecule has 0 saturated heterocycles. The van der Waals surface area contributed by atoms with Crippen molar-refractivity contribution in [1.29, 1.82) is 0 Å². The molecule has 1 aromatic carbocycles. The molecule has 1 aromatic heterocycles. The molecule has 7 nitrogen and oxygen atoms in total. The Morgan fingerprint density at radius 3 is 2.70 bits per heavy atom. The summed E-state index contributed by atoms with van der Waals surface area (Å²) in [4.78, 5) is 26.0. The van der Waals surface area contributed by atoms with E-state index in [1.807, 2.05) is 36.5 Å². The highest BCUT2D eigenvalue weighted by Gasteiger charge is 2.09. The molecule has 0 bridgehead atoms. The number of carbonyl (C=O) groups excluding carboxylic acids is 2. The van der Waals surface area contributed by atoms with Crippen LogP contribution in [0.15, 0.2) is 29.4 Å². The van der Waals surface area contributed by atoms with Gasteiger partial charge in [0.15, 0.2) is 5.82 Å². The highest BCUT2D eigenvalue weighted by atomic mass is 32.2. The molecule has 2 aromatic rings. The molecule has 0 unspecified atom stereocenters. The number of aromatic amines is 1. The summed E-state index contributed by atoms with van der Waals surface area (Å²) >= 11 is 1.12. The average molecular weight is 291 g/mol. The summed E-state index contributed by atoms with van der Waals surface area (Å²) in [5.74, 6) is 0.167. The van der Waals surface area contributed by atoms with Crippen LogP contribution in [-0.4, -0.2) is 32.9 Å². The van der Waals surface area contributed by atoms with Gasteiger partial charge in [0.25, 0.3) is 0 Å². The summed E-state index contributed by atoms with van der Waals surface area (Å²) in [5.41, 5.74) is 6.91. The van der Waals surface area contributed by atoms with Crippen molar-refractivity contribution in [3.05, 3.63) is 29.8 Å². The maximum atomic E-state index is 11.2. The van der Waals surface area contributed by atoms with Crippen molar-refractivity contribution in [2.45, 2.75) is 12.1 Å². The lowest BCUT2D eigenvalue weighted by atomic mass is 10.1. The van der Waals surface area contributed by atoms with Gasteiger partial charge in [-0.25, -0.2) is 9.78 Å². The van der Waals surface area contributed by atoms with Crippen LogP contribution >= 0.6 is 11.8 Å². The minimum absolute atomic E-state index is 0.0220. The Morgan fingerprint density at radius 1 is 1.35 bits per heavy atom. The Morgan fingerprint density at radius 2 is 2.05 bits per heavy atom. The molecule has 4 N–H and O–H groups in total. The van der Waals surface area contributed by atoms with E-state index in [0.717, 1.165) is 22.9 Å². The third-order valence-corrected chi connectivity index (χ3v) is 3.23. The van der Waals surface area contributed by atoms with Crippen LogP contribution in [0.1, 0.15) is 5.56 Å². The zero-order valence-electron chi connectivity index (χ0n) is 10.7. The molecule has 0 aliphatic heterocycles. The van der Waals surface area contributed by atoms with Crippen molar-refractivity contribution in [1.82, 2.24) is 20.5 Å². The zero-order valence-corrected chi connectivity index (χ0v) is 11.5. The lowest BCUT2D eigenvalue weighted by Gasteiger charge is -1.97. The van der Waals surface area contributed by atoms with Crippen molar-refractivity contribution in [2.24, 2.45) is 5.73 Å². The molecule has 20 heavy (non-hydrogen) atoms. The molecule has 8 heteroatoms. The van der Waals surface area contributed by atoms with Crippen LogP contribution in [-0.2, 0) is 4.79 Å². The summed E-state index contributed by atoms with van der Waals surface area (Å²) in [6.07, 6.45) is 0. The molecule has 0 fully saturated rings. The predicted octanol–water partition coefficient (Wildman–Crippen LogP) is 1.07. The molecule has 104 valence electrons. The number of H-pyrrole nitrogens is 1. The number of carbonyl (C=O) groups is 2. The molecule has 1 heterocycles. The van der Waals surface area contributed by atoms with Crippen LogP contribution in [0.4, 0.5) is 4.79 Å². The van der Waals surface area contributed by atoms with E-state index in [-0.39, 0.29) is 5.75 Å². The van der Waals surface area contributed by atoms with Crippen molar-refractivity contribution in [2.75, 3.05) is 5.75 Å². The fourth-order valence-corrected chi connectivity index (χ4v) is 2.05. The number of thioether (sulfide) groups is 1. The van der Waals surface area contributed by atoms with Gasteiger partial charge in [0.2, 0.25) is 11.1 Å². The second kappa shape index (κ2) is 6.20. The maximum Gasteiger partial charge on any atom is 0.318 e. The van der Waals surface area contributed by atoms with Crippen LogP contribution in [0.25, 0.3) is 11.4 Å². The van der Waals surface area contributed by atoms with Gasteiger partial charge in [0.1, 0.15) is 0 Å². The third-order valence-electron chi connectivity index (χ3n) is 2.38. The van der Waals surface area contributed by atoms with E-state index in [2.05, 4.69) is 15.2 Å². The van der Waals surface area contributed by atoms with E-state index in [9.17, 15) is 9.59 Å². The van der Waals surface area contributed by atoms with Crippen molar-refractivity contribution < 1.29 is 9.59 Å². The minimum Gasteiger partial charge on any atom is -0.351 e. The first-order valence-corrected chi connectivity index (χ1v) is 6.74. The maximum absolute atomic E-state index is 11.2. The topological polar surface area (TPSA) is 114 Å². The molecule has 0 radical (unpaired) electrons. The smallest absolute Gasteiger partial charge is 0.318 e. The van der Waals surface area contributed by atoms with Gasteiger partial charge in [-0.3, -0.25) is 15.2 Å². The first kappa shape index (κ1) is 14.1. The van der Waals surface area contributed by atoms with E-state index in [4.69, 9.17) is 5.73 Å². The minimum atomic E-state index is -0.870. The molecule has 3 amide bonds. The van der Waals surface area contributed by atoms with Crippen LogP contribution in [0.2, 0.25) is 0 Å². The first-order chi connectivity index (χ1) is 9.54. The van der Waals surface area contributed by atoms with Crippen LogP contribution in [0.5, 0.6) is 0 Å². The van der Waals surface area contributed by atoms with Gasteiger partial charge < -0.3 is 5.73 Å². The number of aromatic nitrogens is 3. The number of nitrogens with one attached hydrogen (secondary N) is 2. The van der Waals surface area contributed by atoms with Gasteiger partial charge in [-0.2, -0.15) is 0 Å². The van der Waals surface area contributed by atoms with E-state index in [1.165, 1.54) is 0 Å². The number of imide groups is 1. The number of primary amides is 1. The summed E-state index contributed by atoms with van der Waals surface area (Å²) in [5, 5.41) is 9.20. The van der Waals surface area contributed by atoms with Crippen LogP contribution < -0.4 is 11.1 Å². The largest absolute Gasteiger partial charge is 0.351 e. The second-order valence-corrected chi connectivity index (χ2v) is 4.98. The van der Waals surface area contributed by atoms with Gasteiger partial charge in [0, 0.05) is 5.56 Å². The Labute approximate surface area is 119 Å². The highest BCUT2D eigenvalue weighted by molar-refractivity contribution is 7.99. The summed E-state index contributed by atoms with van der Waals surface area (Å²) in [6.45, 7) is 2.00. The Bertz CT molecular complexity index is 623. The quantitative estimate of drug-likeness (QED) is 0.729. The normalized spacial score (nSPS) is 10.2. The van der Waals surface area contributed by atoms with Crippen molar-refractivity contribution in [3.63, 3.8) is 0 Å². The Hall–Kier alpha value is -2.35. The van der Waals surface area contributed by atoms with Gasteiger partial charge in [-0.05, 0) is 6.92 Å². The van der Waals surface area contributed by atoms with E-state index in [0.29, 0.717) is 11.0 Å². The number of amides is 3. The molecule has 0 spiro atoms. The molecule has 2 rings (SSSR count). The Balaban J connectivity index is 1.97. The fraction of sp³-hybridized carbons (Fsp3) is 0.167. The highest BCUT2D eigenvalue weighted by Crippen LogP contribution is 2.19. The number of aryl methyl sites for hydroxylation is 1. The molecule has 0 saturated carbocycles. The number of rotatable bonds is 4. The number of nitrogens with zero attached hydrogens (tertiary/aromatic N) is 2. The summed E-state index contributed by atoms with van der Waals surface area (Å²) in [7, 11) is 0. The number of benzene rings is 1. The SMILES string of the molecule is Cc1ccc(-c2nc(SCC(=O)NC(N)=O)n[nH]2)cc1. The van der Waals surface area contributed by atoms with Crippen LogP contribution in [0, 0.1) is 6.92 Å². The fourth-order valence-electron chi connectivity index (χ4n) is 1.46. The van der Waals surface area contributed by atoms with Crippen molar-refractivity contribution in [3.8, 4) is 11.4 Å². The van der Waals surface area contributed by atoms with Gasteiger partial charge in [-0.15, -0.1) is 5.10 Å². The van der Waals surface area contributed by atoms with Gasteiger partial charge in [0.05, 0.1) is 5.75 Å². The monoisotopic (exact) mass is 291 g/mol. The predicted molar refractivity (Wildman–Crippen MR) is 75.0 cm³/mol. The molecular formula is C12H13N5O2S. The molecular weight excluding hydrogens is 278 g/mol. The standard InChI is InChI=1S/C12H13N5O2S/c1-7-2-4-8(5-3-7)10-15-12(17-16-10)20-6-9(18)14-11(13)19/h2-5H,6H2,1H3,(H,15,16,17)(H3,13,14,18,19). The lowest BCUT2D eigenvalue weighted by molar-refractivity contribution is -0.117.